The van der Waals surface area contributed by atoms with Crippen LogP contribution in [-0.4, -0.2) is 31.7 Å². The molecule has 1 fully saturated rings. The van der Waals surface area contributed by atoms with E-state index in [1.165, 1.54) is 4.31 Å². The third-order valence-electron chi connectivity index (χ3n) is 5.53. The van der Waals surface area contributed by atoms with E-state index in [0.29, 0.717) is 36.6 Å². The van der Waals surface area contributed by atoms with Gasteiger partial charge in [-0.05, 0) is 56.2 Å². The summed E-state index contributed by atoms with van der Waals surface area (Å²) < 4.78 is 33.4. The first-order chi connectivity index (χ1) is 15.4. The van der Waals surface area contributed by atoms with E-state index in [9.17, 15) is 13.2 Å². The van der Waals surface area contributed by atoms with Gasteiger partial charge in [0.15, 0.2) is 5.75 Å². The first kappa shape index (κ1) is 22.0. The molecule has 0 aromatic heterocycles. The highest BCUT2D eigenvalue weighted by molar-refractivity contribution is 7.89. The Morgan fingerprint density at radius 1 is 0.969 bits per heavy atom. The minimum Gasteiger partial charge on any atom is -0.455 e. The molecule has 0 saturated carbocycles. The molecular formula is C25H26N2O4S. The lowest BCUT2D eigenvalue weighted by Crippen LogP contribution is -2.43. The Labute approximate surface area is 188 Å². The molecule has 0 spiro atoms. The van der Waals surface area contributed by atoms with Crippen molar-refractivity contribution >= 4 is 21.6 Å². The number of carbonyl (C=O) groups excluding carboxylic acids is 1. The van der Waals surface area contributed by atoms with Gasteiger partial charge in [0.25, 0.3) is 0 Å². The summed E-state index contributed by atoms with van der Waals surface area (Å²) in [5.41, 5.74) is 1.55. The van der Waals surface area contributed by atoms with Gasteiger partial charge >= 0.3 is 0 Å². The number of hydrogen-bond acceptors (Lipinski definition) is 4. The lowest BCUT2D eigenvalue weighted by Gasteiger charge is -2.31. The molecule has 7 heteroatoms. The van der Waals surface area contributed by atoms with Crippen molar-refractivity contribution in [3.05, 3.63) is 84.4 Å². The Morgan fingerprint density at radius 3 is 2.41 bits per heavy atom. The largest absolute Gasteiger partial charge is 0.455 e. The number of amides is 1. The molecule has 4 rings (SSSR count). The highest BCUT2D eigenvalue weighted by Crippen LogP contribution is 2.31. The Hall–Kier alpha value is -3.16. The molecule has 1 saturated heterocycles. The van der Waals surface area contributed by atoms with Crippen molar-refractivity contribution in [1.82, 2.24) is 4.31 Å². The zero-order chi connectivity index (χ0) is 22.6. The number of rotatable bonds is 6. The van der Waals surface area contributed by atoms with Gasteiger partial charge in [-0.1, -0.05) is 48.0 Å². The van der Waals surface area contributed by atoms with Gasteiger partial charge in [-0.15, -0.1) is 0 Å². The van der Waals surface area contributed by atoms with Crippen LogP contribution in [0.2, 0.25) is 0 Å². The van der Waals surface area contributed by atoms with Crippen molar-refractivity contribution in [2.45, 2.75) is 24.7 Å². The van der Waals surface area contributed by atoms with Crippen LogP contribution in [0.5, 0.6) is 11.5 Å². The Morgan fingerprint density at radius 2 is 1.66 bits per heavy atom. The van der Waals surface area contributed by atoms with Crippen molar-refractivity contribution in [2.24, 2.45) is 5.92 Å². The Balaban J connectivity index is 1.47. The minimum absolute atomic E-state index is 0.157. The van der Waals surface area contributed by atoms with E-state index in [4.69, 9.17) is 4.74 Å². The van der Waals surface area contributed by atoms with E-state index in [2.05, 4.69) is 5.32 Å². The summed E-state index contributed by atoms with van der Waals surface area (Å²) >= 11 is 0. The molecule has 3 aromatic carbocycles. The lowest BCUT2D eigenvalue weighted by atomic mass is 9.98. The molecule has 32 heavy (non-hydrogen) atoms. The fourth-order valence-corrected chi connectivity index (χ4v) is 5.27. The van der Waals surface area contributed by atoms with Gasteiger partial charge in [0.2, 0.25) is 15.9 Å². The predicted octanol–water partition coefficient (Wildman–Crippen LogP) is 4.83. The van der Waals surface area contributed by atoms with Crippen LogP contribution in [0.1, 0.15) is 18.4 Å². The van der Waals surface area contributed by atoms with E-state index in [1.54, 1.807) is 36.4 Å². The fraction of sp³-hybridized carbons (Fsp3) is 0.240. The summed E-state index contributed by atoms with van der Waals surface area (Å²) in [5.74, 6) is 0.556. The molecule has 0 unspecified atom stereocenters. The van der Waals surface area contributed by atoms with E-state index in [0.717, 1.165) is 5.56 Å². The molecule has 0 aliphatic carbocycles. The number of hydrogen-bond donors (Lipinski definition) is 1. The monoisotopic (exact) mass is 450 g/mol. The quantitative estimate of drug-likeness (QED) is 0.584. The average molecular weight is 451 g/mol. The van der Waals surface area contributed by atoms with E-state index in [-0.39, 0.29) is 17.3 Å². The van der Waals surface area contributed by atoms with Crippen molar-refractivity contribution in [3.8, 4) is 11.5 Å². The van der Waals surface area contributed by atoms with E-state index in [1.807, 2.05) is 49.4 Å². The summed E-state index contributed by atoms with van der Waals surface area (Å²) in [6.45, 7) is 2.48. The number of aryl methyl sites for hydroxylation is 1. The first-order valence-corrected chi connectivity index (χ1v) is 12.1. The summed E-state index contributed by atoms with van der Waals surface area (Å²) in [4.78, 5) is 13.3. The molecule has 1 atom stereocenters. The molecule has 0 bridgehead atoms. The highest BCUT2D eigenvalue weighted by Gasteiger charge is 2.33. The van der Waals surface area contributed by atoms with Crippen molar-refractivity contribution in [2.75, 3.05) is 18.4 Å². The molecule has 166 valence electrons. The smallest absolute Gasteiger partial charge is 0.243 e. The van der Waals surface area contributed by atoms with E-state index >= 15 is 0 Å². The van der Waals surface area contributed by atoms with Gasteiger partial charge in [-0.2, -0.15) is 4.31 Å². The number of piperidine rings is 1. The second kappa shape index (κ2) is 9.54. The van der Waals surface area contributed by atoms with Crippen LogP contribution in [0, 0.1) is 12.8 Å². The van der Waals surface area contributed by atoms with Gasteiger partial charge < -0.3 is 10.1 Å². The maximum atomic E-state index is 13.1. The van der Waals surface area contributed by atoms with Crippen molar-refractivity contribution < 1.29 is 17.9 Å². The zero-order valence-electron chi connectivity index (χ0n) is 17.9. The topological polar surface area (TPSA) is 75.7 Å². The number of para-hydroxylation sites is 3. The van der Waals surface area contributed by atoms with Crippen LogP contribution in [-0.2, 0) is 14.8 Å². The summed E-state index contributed by atoms with van der Waals surface area (Å²) in [6.07, 6.45) is 1.26. The number of benzene rings is 3. The summed E-state index contributed by atoms with van der Waals surface area (Å²) in [6, 6.07) is 23.4. The van der Waals surface area contributed by atoms with Gasteiger partial charge in [0, 0.05) is 13.1 Å². The lowest BCUT2D eigenvalue weighted by molar-refractivity contribution is -0.120. The summed E-state index contributed by atoms with van der Waals surface area (Å²) in [5, 5.41) is 2.93. The number of nitrogens with zero attached hydrogens (tertiary/aromatic N) is 1. The first-order valence-electron chi connectivity index (χ1n) is 10.6. The van der Waals surface area contributed by atoms with Gasteiger partial charge in [-0.3, -0.25) is 4.79 Å². The minimum atomic E-state index is -3.64. The second-order valence-corrected chi connectivity index (χ2v) is 9.85. The molecule has 1 N–H and O–H groups in total. The SMILES string of the molecule is Cc1ccc(S(=O)(=O)N2CCC[C@@H](C(=O)Nc3ccccc3Oc3ccccc3)C2)cc1. The van der Waals surface area contributed by atoms with Crippen molar-refractivity contribution in [3.63, 3.8) is 0 Å². The van der Waals surface area contributed by atoms with E-state index < -0.39 is 15.9 Å². The fourth-order valence-electron chi connectivity index (χ4n) is 3.74. The number of ether oxygens (including phenoxy) is 1. The standard InChI is InChI=1S/C25H26N2O4S/c1-19-13-15-22(16-14-19)32(29,30)27-17-7-8-20(18-27)25(28)26-23-11-5-6-12-24(23)31-21-9-3-2-4-10-21/h2-6,9-16,20H,7-8,17-18H2,1H3,(H,26,28)/t20-/m1/s1. The predicted molar refractivity (Wildman–Crippen MR) is 124 cm³/mol. The average Bonchev–Trinajstić information content (AvgIpc) is 2.81. The van der Waals surface area contributed by atoms with Crippen LogP contribution in [0.4, 0.5) is 5.69 Å². The molecule has 1 aliphatic heterocycles. The second-order valence-electron chi connectivity index (χ2n) is 7.92. The normalized spacial score (nSPS) is 17.0. The third-order valence-corrected chi connectivity index (χ3v) is 7.41. The number of nitrogens with one attached hydrogen (secondary N) is 1. The van der Waals surface area contributed by atoms with Crippen LogP contribution in [0.3, 0.4) is 0 Å². The van der Waals surface area contributed by atoms with Crippen LogP contribution in [0.15, 0.2) is 83.8 Å². The van der Waals surface area contributed by atoms with Gasteiger partial charge in [0.05, 0.1) is 16.5 Å². The maximum Gasteiger partial charge on any atom is 0.243 e. The Kier molecular flexibility index (Phi) is 6.58. The summed E-state index contributed by atoms with van der Waals surface area (Å²) in [7, 11) is -3.64. The highest BCUT2D eigenvalue weighted by atomic mass is 32.2. The van der Waals surface area contributed by atoms with Gasteiger partial charge in [-0.25, -0.2) is 8.42 Å². The molecule has 1 aliphatic rings. The number of sulfonamides is 1. The molecule has 1 heterocycles. The third kappa shape index (κ3) is 5.00. The molecule has 0 radical (unpaired) electrons. The maximum absolute atomic E-state index is 13.1. The van der Waals surface area contributed by atoms with Crippen molar-refractivity contribution in [1.29, 1.82) is 0 Å². The zero-order valence-corrected chi connectivity index (χ0v) is 18.7. The molecule has 6 nitrogen and oxygen atoms in total. The number of anilines is 1. The number of carbonyl (C=O) groups is 1. The van der Waals surface area contributed by atoms with Crippen LogP contribution in [0.25, 0.3) is 0 Å². The van der Waals surface area contributed by atoms with Crippen LogP contribution >= 0.6 is 0 Å². The Bertz CT molecular complexity index is 1180. The molecule has 1 amide bonds. The van der Waals surface area contributed by atoms with Crippen LogP contribution < -0.4 is 10.1 Å². The molecular weight excluding hydrogens is 424 g/mol. The molecule has 3 aromatic rings. The van der Waals surface area contributed by atoms with Gasteiger partial charge in [0.1, 0.15) is 5.75 Å².